The fourth-order valence-electron chi connectivity index (χ4n) is 1.38. The SMILES string of the molecule is O=C(CO)Nc1cccc2[nH]ccc12. The Labute approximate surface area is 80.6 Å². The molecule has 2 aromatic rings. The van der Waals surface area contributed by atoms with Crippen LogP contribution in [-0.2, 0) is 4.79 Å². The highest BCUT2D eigenvalue weighted by atomic mass is 16.3. The van der Waals surface area contributed by atoms with E-state index in [4.69, 9.17) is 5.11 Å². The Bertz CT molecular complexity index is 462. The third-order valence-corrected chi connectivity index (χ3v) is 2.01. The summed E-state index contributed by atoms with van der Waals surface area (Å²) in [4.78, 5) is 14.0. The van der Waals surface area contributed by atoms with E-state index in [1.54, 1.807) is 12.3 Å². The summed E-state index contributed by atoms with van der Waals surface area (Å²) >= 11 is 0. The summed E-state index contributed by atoms with van der Waals surface area (Å²) in [5.74, 6) is -0.404. The van der Waals surface area contributed by atoms with E-state index in [9.17, 15) is 4.79 Å². The van der Waals surface area contributed by atoms with Crippen molar-refractivity contribution in [3.8, 4) is 0 Å². The minimum atomic E-state index is -0.499. The van der Waals surface area contributed by atoms with Gasteiger partial charge in [-0.05, 0) is 18.2 Å². The maximum absolute atomic E-state index is 11.0. The van der Waals surface area contributed by atoms with Crippen molar-refractivity contribution in [3.05, 3.63) is 30.5 Å². The molecular weight excluding hydrogens is 180 g/mol. The van der Waals surface area contributed by atoms with Gasteiger partial charge in [0.15, 0.2) is 0 Å². The summed E-state index contributed by atoms with van der Waals surface area (Å²) in [5.41, 5.74) is 1.67. The van der Waals surface area contributed by atoms with Crippen LogP contribution in [0.25, 0.3) is 10.9 Å². The quantitative estimate of drug-likeness (QED) is 0.663. The van der Waals surface area contributed by atoms with Crippen LogP contribution in [0.5, 0.6) is 0 Å². The predicted molar refractivity (Wildman–Crippen MR) is 54.0 cm³/mol. The fraction of sp³-hybridized carbons (Fsp3) is 0.100. The molecule has 4 heteroatoms. The molecule has 1 aromatic heterocycles. The lowest BCUT2D eigenvalue weighted by Gasteiger charge is -2.03. The number of anilines is 1. The first-order valence-corrected chi connectivity index (χ1v) is 4.28. The smallest absolute Gasteiger partial charge is 0.250 e. The van der Waals surface area contributed by atoms with E-state index in [1.807, 2.05) is 18.2 Å². The number of fused-ring (bicyclic) bond motifs is 1. The third-order valence-electron chi connectivity index (χ3n) is 2.01. The first-order valence-electron chi connectivity index (χ1n) is 4.28. The maximum atomic E-state index is 11.0. The molecule has 72 valence electrons. The lowest BCUT2D eigenvalue weighted by atomic mass is 10.2. The van der Waals surface area contributed by atoms with Crippen LogP contribution in [0.3, 0.4) is 0 Å². The summed E-state index contributed by atoms with van der Waals surface area (Å²) in [6.07, 6.45) is 1.80. The van der Waals surface area contributed by atoms with Gasteiger partial charge in [-0.15, -0.1) is 0 Å². The van der Waals surface area contributed by atoms with E-state index in [1.165, 1.54) is 0 Å². The van der Waals surface area contributed by atoms with E-state index in [0.29, 0.717) is 5.69 Å². The van der Waals surface area contributed by atoms with Crippen LogP contribution in [0.1, 0.15) is 0 Å². The number of aliphatic hydroxyl groups is 1. The van der Waals surface area contributed by atoms with Crippen molar-refractivity contribution in [2.24, 2.45) is 0 Å². The zero-order valence-corrected chi connectivity index (χ0v) is 7.45. The van der Waals surface area contributed by atoms with Crippen molar-refractivity contribution < 1.29 is 9.90 Å². The van der Waals surface area contributed by atoms with E-state index in [-0.39, 0.29) is 0 Å². The zero-order chi connectivity index (χ0) is 9.97. The topological polar surface area (TPSA) is 65.1 Å². The molecule has 1 heterocycles. The van der Waals surface area contributed by atoms with Crippen molar-refractivity contribution >= 4 is 22.5 Å². The summed E-state index contributed by atoms with van der Waals surface area (Å²) < 4.78 is 0. The monoisotopic (exact) mass is 190 g/mol. The van der Waals surface area contributed by atoms with Crippen LogP contribution in [0.15, 0.2) is 30.5 Å². The zero-order valence-electron chi connectivity index (χ0n) is 7.45. The van der Waals surface area contributed by atoms with Gasteiger partial charge in [0, 0.05) is 17.1 Å². The normalized spacial score (nSPS) is 10.4. The molecule has 0 atom stereocenters. The molecule has 0 spiro atoms. The second-order valence-electron chi connectivity index (χ2n) is 2.95. The van der Waals surface area contributed by atoms with Gasteiger partial charge < -0.3 is 15.4 Å². The Morgan fingerprint density at radius 2 is 2.29 bits per heavy atom. The average Bonchev–Trinajstić information content (AvgIpc) is 2.66. The van der Waals surface area contributed by atoms with Crippen LogP contribution in [0.2, 0.25) is 0 Å². The molecular formula is C10H10N2O2. The largest absolute Gasteiger partial charge is 0.387 e. The molecule has 0 aliphatic heterocycles. The standard InChI is InChI=1S/C10H10N2O2/c13-6-10(14)12-9-3-1-2-8-7(9)4-5-11-8/h1-5,11,13H,6H2,(H,12,14). The number of hydrogen-bond donors (Lipinski definition) is 3. The third kappa shape index (κ3) is 1.47. The van der Waals surface area contributed by atoms with Gasteiger partial charge in [0.1, 0.15) is 6.61 Å². The molecule has 1 amide bonds. The van der Waals surface area contributed by atoms with Crippen LogP contribution in [-0.4, -0.2) is 22.6 Å². The Balaban J connectivity index is 2.41. The number of amides is 1. The molecule has 0 radical (unpaired) electrons. The number of carbonyl (C=O) groups is 1. The molecule has 3 N–H and O–H groups in total. The van der Waals surface area contributed by atoms with Gasteiger partial charge in [0.05, 0.1) is 5.69 Å². The summed E-state index contributed by atoms with van der Waals surface area (Å²) in [6, 6.07) is 7.43. The van der Waals surface area contributed by atoms with Crippen molar-refractivity contribution in [2.75, 3.05) is 11.9 Å². The molecule has 1 aromatic carbocycles. The summed E-state index contributed by atoms with van der Waals surface area (Å²) in [5, 5.41) is 12.1. The van der Waals surface area contributed by atoms with Gasteiger partial charge in [-0.25, -0.2) is 0 Å². The van der Waals surface area contributed by atoms with Crippen molar-refractivity contribution in [3.63, 3.8) is 0 Å². The Hall–Kier alpha value is -1.81. The average molecular weight is 190 g/mol. The second kappa shape index (κ2) is 3.51. The molecule has 14 heavy (non-hydrogen) atoms. The number of aromatic amines is 1. The van der Waals surface area contributed by atoms with Gasteiger partial charge in [0.2, 0.25) is 5.91 Å². The van der Waals surface area contributed by atoms with Crippen LogP contribution in [0, 0.1) is 0 Å². The minimum absolute atomic E-state index is 0.404. The lowest BCUT2D eigenvalue weighted by Crippen LogP contribution is -2.15. The van der Waals surface area contributed by atoms with Gasteiger partial charge in [-0.2, -0.15) is 0 Å². The second-order valence-corrected chi connectivity index (χ2v) is 2.95. The molecule has 0 saturated carbocycles. The van der Waals surface area contributed by atoms with E-state index < -0.39 is 12.5 Å². The number of H-pyrrole nitrogens is 1. The van der Waals surface area contributed by atoms with Crippen LogP contribution in [0.4, 0.5) is 5.69 Å². The van der Waals surface area contributed by atoms with E-state index in [0.717, 1.165) is 10.9 Å². The van der Waals surface area contributed by atoms with Crippen molar-refractivity contribution in [1.29, 1.82) is 0 Å². The predicted octanol–water partition coefficient (Wildman–Crippen LogP) is 1.10. The van der Waals surface area contributed by atoms with Crippen molar-refractivity contribution in [2.45, 2.75) is 0 Å². The molecule has 0 aliphatic carbocycles. The molecule has 0 bridgehead atoms. The molecule has 4 nitrogen and oxygen atoms in total. The van der Waals surface area contributed by atoms with Gasteiger partial charge in [0.25, 0.3) is 0 Å². The highest BCUT2D eigenvalue weighted by Crippen LogP contribution is 2.21. The van der Waals surface area contributed by atoms with Gasteiger partial charge in [-0.3, -0.25) is 4.79 Å². The Morgan fingerprint density at radius 1 is 1.43 bits per heavy atom. The molecule has 2 rings (SSSR count). The molecule has 0 saturated heterocycles. The van der Waals surface area contributed by atoms with Crippen molar-refractivity contribution in [1.82, 2.24) is 4.98 Å². The number of aliphatic hydroxyl groups excluding tert-OH is 1. The minimum Gasteiger partial charge on any atom is -0.387 e. The first kappa shape index (κ1) is 8.77. The number of hydrogen-bond acceptors (Lipinski definition) is 2. The number of rotatable bonds is 2. The Kier molecular flexibility index (Phi) is 2.20. The number of benzene rings is 1. The Morgan fingerprint density at radius 3 is 3.07 bits per heavy atom. The summed E-state index contributed by atoms with van der Waals surface area (Å²) in [7, 11) is 0. The first-order chi connectivity index (χ1) is 6.81. The highest BCUT2D eigenvalue weighted by molar-refractivity contribution is 6.01. The van der Waals surface area contributed by atoms with Crippen LogP contribution < -0.4 is 5.32 Å². The number of nitrogens with one attached hydrogen (secondary N) is 2. The lowest BCUT2D eigenvalue weighted by molar-refractivity contribution is -0.118. The fourth-order valence-corrected chi connectivity index (χ4v) is 1.38. The van der Waals surface area contributed by atoms with Gasteiger partial charge >= 0.3 is 0 Å². The van der Waals surface area contributed by atoms with Gasteiger partial charge in [-0.1, -0.05) is 6.07 Å². The number of carbonyl (C=O) groups excluding carboxylic acids is 1. The molecule has 0 aliphatic rings. The molecule has 0 unspecified atom stereocenters. The van der Waals surface area contributed by atoms with E-state index in [2.05, 4.69) is 10.3 Å². The summed E-state index contributed by atoms with van der Waals surface area (Å²) in [6.45, 7) is -0.499. The maximum Gasteiger partial charge on any atom is 0.250 e. The molecule has 0 fully saturated rings. The van der Waals surface area contributed by atoms with E-state index >= 15 is 0 Å². The van der Waals surface area contributed by atoms with Crippen LogP contribution >= 0.6 is 0 Å². The number of aromatic nitrogens is 1. The highest BCUT2D eigenvalue weighted by Gasteiger charge is 2.04.